The van der Waals surface area contributed by atoms with E-state index in [-0.39, 0.29) is 16.0 Å². The van der Waals surface area contributed by atoms with Crippen LogP contribution < -0.4 is 0 Å². The van der Waals surface area contributed by atoms with Crippen LogP contribution in [0, 0.1) is 0 Å². The molecule has 2 N–H and O–H groups in total. The molecule has 17 heavy (non-hydrogen) atoms. The Morgan fingerprint density at radius 3 is 2.29 bits per heavy atom. The highest BCUT2D eigenvalue weighted by Gasteiger charge is 2.19. The van der Waals surface area contributed by atoms with Crippen molar-refractivity contribution < 1.29 is 19.8 Å². The van der Waals surface area contributed by atoms with Crippen molar-refractivity contribution in [1.82, 2.24) is 0 Å². The molecule has 2 aromatic carbocycles. The first-order chi connectivity index (χ1) is 8.02. The number of thiol groups is 1. The van der Waals surface area contributed by atoms with Crippen LogP contribution in [0.15, 0.2) is 35.2 Å². The van der Waals surface area contributed by atoms with Gasteiger partial charge in [0.25, 0.3) is 0 Å². The number of carbonyl (C=O) groups is 2. The summed E-state index contributed by atoms with van der Waals surface area (Å²) in [5.41, 5.74) is -0.187. The molecule has 0 fully saturated rings. The van der Waals surface area contributed by atoms with Crippen molar-refractivity contribution in [3.63, 3.8) is 0 Å². The van der Waals surface area contributed by atoms with E-state index in [9.17, 15) is 9.59 Å². The molecule has 0 aromatic heterocycles. The molecular formula is C12H8O4S. The Kier molecular flexibility index (Phi) is 2.77. The Balaban J connectivity index is 2.95. The fourth-order valence-corrected chi connectivity index (χ4v) is 2.09. The number of aromatic carboxylic acids is 2. The van der Waals surface area contributed by atoms with E-state index in [1.165, 1.54) is 6.07 Å². The van der Waals surface area contributed by atoms with Gasteiger partial charge in [-0.2, -0.15) is 0 Å². The predicted molar refractivity (Wildman–Crippen MR) is 65.1 cm³/mol. The van der Waals surface area contributed by atoms with Gasteiger partial charge in [-0.3, -0.25) is 0 Å². The zero-order valence-corrected chi connectivity index (χ0v) is 9.44. The molecule has 0 heterocycles. The summed E-state index contributed by atoms with van der Waals surface area (Å²) in [6, 6.07) is 8.14. The van der Waals surface area contributed by atoms with Gasteiger partial charge in [0.05, 0.1) is 11.1 Å². The normalized spacial score (nSPS) is 10.4. The van der Waals surface area contributed by atoms with Crippen LogP contribution in [-0.2, 0) is 0 Å². The lowest BCUT2D eigenvalue weighted by atomic mass is 10.0. The van der Waals surface area contributed by atoms with Crippen LogP contribution in [0.1, 0.15) is 20.7 Å². The summed E-state index contributed by atoms with van der Waals surface area (Å²) in [6.07, 6.45) is 0. The van der Waals surface area contributed by atoms with Crippen molar-refractivity contribution in [3.05, 3.63) is 41.5 Å². The van der Waals surface area contributed by atoms with Crippen molar-refractivity contribution in [2.75, 3.05) is 0 Å². The molecule has 86 valence electrons. The molecule has 0 saturated carbocycles. The highest BCUT2D eigenvalue weighted by molar-refractivity contribution is 7.80. The maximum Gasteiger partial charge on any atom is 0.337 e. The van der Waals surface area contributed by atoms with Crippen molar-refractivity contribution in [2.24, 2.45) is 0 Å². The Morgan fingerprint density at radius 1 is 1.06 bits per heavy atom. The average molecular weight is 248 g/mol. The molecule has 0 saturated heterocycles. The maximum absolute atomic E-state index is 11.2. The SMILES string of the molecule is O=C(O)c1cc2ccccc2c(C(=O)O)c1S. The number of rotatable bonds is 2. The highest BCUT2D eigenvalue weighted by Crippen LogP contribution is 2.28. The molecule has 0 spiro atoms. The minimum absolute atomic E-state index is 0.0244. The number of hydrogen-bond acceptors (Lipinski definition) is 3. The fourth-order valence-electron chi connectivity index (χ4n) is 1.72. The third-order valence-electron chi connectivity index (χ3n) is 2.47. The molecule has 0 unspecified atom stereocenters. The lowest BCUT2D eigenvalue weighted by Crippen LogP contribution is -2.06. The number of carboxylic acids is 2. The summed E-state index contributed by atoms with van der Waals surface area (Å²) < 4.78 is 0. The molecule has 5 heteroatoms. The van der Waals surface area contributed by atoms with E-state index in [1.54, 1.807) is 24.3 Å². The molecule has 0 aliphatic rings. The molecule has 0 aliphatic heterocycles. The molecule has 2 aromatic rings. The van der Waals surface area contributed by atoms with Crippen LogP contribution in [0.25, 0.3) is 10.8 Å². The van der Waals surface area contributed by atoms with Crippen molar-refractivity contribution in [3.8, 4) is 0 Å². The Bertz CT molecular complexity index is 634. The second-order valence-electron chi connectivity index (χ2n) is 3.48. The number of hydrogen-bond donors (Lipinski definition) is 3. The first-order valence-corrected chi connectivity index (χ1v) is 5.18. The van der Waals surface area contributed by atoms with Crippen molar-refractivity contribution in [1.29, 1.82) is 0 Å². The zero-order chi connectivity index (χ0) is 12.6. The van der Waals surface area contributed by atoms with Crippen LogP contribution in [0.4, 0.5) is 0 Å². The van der Waals surface area contributed by atoms with Gasteiger partial charge in [0.15, 0.2) is 0 Å². The molecule has 0 amide bonds. The quantitative estimate of drug-likeness (QED) is 0.714. The zero-order valence-electron chi connectivity index (χ0n) is 8.54. The van der Waals surface area contributed by atoms with Crippen molar-refractivity contribution in [2.45, 2.75) is 4.90 Å². The van der Waals surface area contributed by atoms with Gasteiger partial charge in [0.2, 0.25) is 0 Å². The summed E-state index contributed by atoms with van der Waals surface area (Å²) in [4.78, 5) is 22.1. The molecule has 2 rings (SSSR count). The monoisotopic (exact) mass is 248 g/mol. The van der Waals surface area contributed by atoms with Gasteiger partial charge in [-0.1, -0.05) is 24.3 Å². The standard InChI is InChI=1S/C12H8O4S/c13-11(14)8-5-6-3-1-2-4-7(6)9(10(8)17)12(15)16/h1-5,17H,(H,13,14)(H,15,16). The number of benzene rings is 2. The smallest absolute Gasteiger partial charge is 0.337 e. The van der Waals surface area contributed by atoms with E-state index in [1.807, 2.05) is 0 Å². The fraction of sp³-hybridized carbons (Fsp3) is 0. The first kappa shape index (κ1) is 11.5. The summed E-state index contributed by atoms with van der Waals surface area (Å²) in [5.74, 6) is -2.38. The minimum Gasteiger partial charge on any atom is -0.478 e. The number of fused-ring (bicyclic) bond motifs is 1. The Hall–Kier alpha value is -2.01. The van der Waals surface area contributed by atoms with Crippen LogP contribution in [-0.4, -0.2) is 22.2 Å². The molecule has 4 nitrogen and oxygen atoms in total. The second-order valence-corrected chi connectivity index (χ2v) is 3.93. The van der Waals surface area contributed by atoms with Crippen LogP contribution in [0.5, 0.6) is 0 Å². The molecule has 0 aliphatic carbocycles. The Labute approximate surface area is 102 Å². The summed E-state index contributed by atoms with van der Waals surface area (Å²) >= 11 is 4.00. The topological polar surface area (TPSA) is 74.6 Å². The third-order valence-corrected chi connectivity index (χ3v) is 2.93. The van der Waals surface area contributed by atoms with Gasteiger partial charge in [0, 0.05) is 4.90 Å². The van der Waals surface area contributed by atoms with Gasteiger partial charge >= 0.3 is 11.9 Å². The predicted octanol–water partition coefficient (Wildman–Crippen LogP) is 2.52. The van der Waals surface area contributed by atoms with Gasteiger partial charge in [-0.05, 0) is 16.8 Å². The first-order valence-electron chi connectivity index (χ1n) is 4.73. The lowest BCUT2D eigenvalue weighted by Gasteiger charge is -2.08. The average Bonchev–Trinajstić information content (AvgIpc) is 2.27. The highest BCUT2D eigenvalue weighted by atomic mass is 32.1. The molecule has 0 bridgehead atoms. The van der Waals surface area contributed by atoms with Gasteiger partial charge < -0.3 is 10.2 Å². The van der Waals surface area contributed by atoms with Gasteiger partial charge in [0.1, 0.15) is 0 Å². The van der Waals surface area contributed by atoms with Gasteiger partial charge in [-0.15, -0.1) is 12.6 Å². The molecular weight excluding hydrogens is 240 g/mol. The second kappa shape index (κ2) is 4.10. The van der Waals surface area contributed by atoms with E-state index in [2.05, 4.69) is 12.6 Å². The number of carboxylic acid groups (broad SMARTS) is 2. The van der Waals surface area contributed by atoms with E-state index in [0.717, 1.165) is 0 Å². The van der Waals surface area contributed by atoms with E-state index in [0.29, 0.717) is 10.8 Å². The van der Waals surface area contributed by atoms with E-state index >= 15 is 0 Å². The Morgan fingerprint density at radius 2 is 1.71 bits per heavy atom. The van der Waals surface area contributed by atoms with Crippen molar-refractivity contribution >= 4 is 35.3 Å². The van der Waals surface area contributed by atoms with Crippen LogP contribution >= 0.6 is 12.6 Å². The van der Waals surface area contributed by atoms with Crippen LogP contribution in [0.3, 0.4) is 0 Å². The largest absolute Gasteiger partial charge is 0.478 e. The maximum atomic E-state index is 11.2. The minimum atomic E-state index is -1.19. The lowest BCUT2D eigenvalue weighted by molar-refractivity contribution is 0.0692. The van der Waals surface area contributed by atoms with Gasteiger partial charge in [-0.25, -0.2) is 9.59 Å². The van der Waals surface area contributed by atoms with E-state index in [4.69, 9.17) is 10.2 Å². The molecule has 0 radical (unpaired) electrons. The summed E-state index contributed by atoms with van der Waals surface area (Å²) in [7, 11) is 0. The molecule has 0 atom stereocenters. The summed E-state index contributed by atoms with van der Waals surface area (Å²) in [5, 5.41) is 19.2. The van der Waals surface area contributed by atoms with E-state index < -0.39 is 11.9 Å². The summed E-state index contributed by atoms with van der Waals surface area (Å²) in [6.45, 7) is 0. The third kappa shape index (κ3) is 1.85. The van der Waals surface area contributed by atoms with Crippen LogP contribution in [0.2, 0.25) is 0 Å².